The van der Waals surface area contributed by atoms with E-state index in [4.69, 9.17) is 0 Å². The number of nitrogens with zero attached hydrogens (tertiary/aromatic N) is 2. The van der Waals surface area contributed by atoms with E-state index < -0.39 is 5.91 Å². The minimum Gasteiger partial charge on any atom is -0.505 e. The van der Waals surface area contributed by atoms with Crippen LogP contribution in [0, 0.1) is 0 Å². The Kier molecular flexibility index (Phi) is 3.57. The first kappa shape index (κ1) is 12.1. The predicted molar refractivity (Wildman–Crippen MR) is 66.4 cm³/mol. The van der Waals surface area contributed by atoms with Crippen LogP contribution in [0.15, 0.2) is 24.4 Å². The van der Waals surface area contributed by atoms with Crippen LogP contribution in [0.4, 0.5) is 5.82 Å². The molecule has 0 fully saturated rings. The van der Waals surface area contributed by atoms with Gasteiger partial charge >= 0.3 is 0 Å². The van der Waals surface area contributed by atoms with Gasteiger partial charge in [-0.05, 0) is 18.6 Å². The van der Waals surface area contributed by atoms with Gasteiger partial charge in [0, 0.05) is 18.0 Å². The summed E-state index contributed by atoms with van der Waals surface area (Å²) >= 11 is 0. The molecule has 1 amide bonds. The number of rotatable bonds is 4. The van der Waals surface area contributed by atoms with Crippen molar-refractivity contribution in [3.05, 3.63) is 35.8 Å². The number of carbonyl (C=O) groups is 1. The van der Waals surface area contributed by atoms with Gasteiger partial charge in [0.05, 0.1) is 0 Å². The fraction of sp³-hybridized carbons (Fsp3) is 0.250. The van der Waals surface area contributed by atoms with Crippen molar-refractivity contribution in [1.29, 1.82) is 0 Å². The normalized spacial score (nSPS) is 10.3. The Labute approximate surface area is 104 Å². The summed E-state index contributed by atoms with van der Waals surface area (Å²) < 4.78 is 0. The molecule has 0 bridgehead atoms. The summed E-state index contributed by atoms with van der Waals surface area (Å²) in [5.41, 5.74) is 0.940. The number of pyridine rings is 1. The number of nitrogens with one attached hydrogen (secondary N) is 2. The van der Waals surface area contributed by atoms with Crippen molar-refractivity contribution < 1.29 is 9.90 Å². The van der Waals surface area contributed by atoms with Crippen LogP contribution < -0.4 is 5.32 Å². The maximum atomic E-state index is 11.8. The van der Waals surface area contributed by atoms with Gasteiger partial charge in [-0.2, -0.15) is 5.10 Å². The number of anilines is 1. The third-order valence-corrected chi connectivity index (χ3v) is 2.39. The van der Waals surface area contributed by atoms with Crippen molar-refractivity contribution in [2.45, 2.75) is 19.8 Å². The molecule has 6 heteroatoms. The van der Waals surface area contributed by atoms with Crippen LogP contribution in [0.25, 0.3) is 0 Å². The molecular formula is C12H14N4O2. The summed E-state index contributed by atoms with van der Waals surface area (Å²) in [6.45, 7) is 2.06. The van der Waals surface area contributed by atoms with Crippen molar-refractivity contribution >= 4 is 11.7 Å². The molecule has 0 aliphatic heterocycles. The first-order valence-electron chi connectivity index (χ1n) is 5.70. The second-order valence-corrected chi connectivity index (χ2v) is 3.85. The van der Waals surface area contributed by atoms with Gasteiger partial charge in [-0.1, -0.05) is 13.3 Å². The lowest BCUT2D eigenvalue weighted by atomic mass is 10.2. The van der Waals surface area contributed by atoms with Gasteiger partial charge in [-0.25, -0.2) is 4.98 Å². The van der Waals surface area contributed by atoms with E-state index in [0.29, 0.717) is 5.82 Å². The van der Waals surface area contributed by atoms with Gasteiger partial charge in [0.1, 0.15) is 5.75 Å². The van der Waals surface area contributed by atoms with Crippen LogP contribution in [0.2, 0.25) is 0 Å². The average molecular weight is 246 g/mol. The molecule has 6 nitrogen and oxygen atoms in total. The van der Waals surface area contributed by atoms with Crippen molar-refractivity contribution in [1.82, 2.24) is 15.2 Å². The second-order valence-electron chi connectivity index (χ2n) is 3.85. The summed E-state index contributed by atoms with van der Waals surface area (Å²) in [4.78, 5) is 15.6. The highest BCUT2D eigenvalue weighted by Crippen LogP contribution is 2.15. The maximum absolute atomic E-state index is 11.8. The fourth-order valence-corrected chi connectivity index (χ4v) is 1.57. The highest BCUT2D eigenvalue weighted by molar-refractivity contribution is 6.04. The van der Waals surface area contributed by atoms with Crippen LogP contribution in [0.5, 0.6) is 5.75 Å². The highest BCUT2D eigenvalue weighted by atomic mass is 16.3. The number of hydrogen-bond acceptors (Lipinski definition) is 4. The Morgan fingerprint density at radius 2 is 2.39 bits per heavy atom. The molecule has 18 heavy (non-hydrogen) atoms. The number of aryl methyl sites for hydroxylation is 1. The number of aromatic hydroxyl groups is 1. The first-order chi connectivity index (χ1) is 8.70. The lowest BCUT2D eigenvalue weighted by molar-refractivity contribution is 0.101. The number of carbonyl (C=O) groups excluding carboxylic acids is 1. The molecule has 2 heterocycles. The molecule has 0 spiro atoms. The van der Waals surface area contributed by atoms with E-state index >= 15 is 0 Å². The third kappa shape index (κ3) is 2.65. The van der Waals surface area contributed by atoms with Crippen molar-refractivity contribution in [2.75, 3.05) is 5.32 Å². The van der Waals surface area contributed by atoms with Crippen LogP contribution >= 0.6 is 0 Å². The molecular weight excluding hydrogens is 232 g/mol. The molecule has 0 aromatic carbocycles. The first-order valence-corrected chi connectivity index (χ1v) is 5.70. The molecule has 0 atom stereocenters. The Hall–Kier alpha value is -2.37. The van der Waals surface area contributed by atoms with Crippen molar-refractivity contribution in [3.8, 4) is 5.75 Å². The molecule has 0 saturated heterocycles. The Bertz CT molecular complexity index is 551. The van der Waals surface area contributed by atoms with E-state index in [2.05, 4.69) is 27.4 Å². The van der Waals surface area contributed by atoms with Crippen LogP contribution in [0.3, 0.4) is 0 Å². The van der Waals surface area contributed by atoms with Gasteiger partial charge < -0.3 is 10.4 Å². The van der Waals surface area contributed by atoms with Gasteiger partial charge in [-0.3, -0.25) is 9.89 Å². The topological polar surface area (TPSA) is 90.9 Å². The maximum Gasteiger partial charge on any atom is 0.279 e. The van der Waals surface area contributed by atoms with E-state index in [-0.39, 0.29) is 11.4 Å². The van der Waals surface area contributed by atoms with Crippen LogP contribution in [-0.4, -0.2) is 26.2 Å². The molecule has 2 aromatic heterocycles. The summed E-state index contributed by atoms with van der Waals surface area (Å²) in [5, 5.41) is 18.9. The number of hydrogen-bond donors (Lipinski definition) is 3. The smallest absolute Gasteiger partial charge is 0.279 e. The molecule has 0 aliphatic carbocycles. The molecule has 3 N–H and O–H groups in total. The molecule has 0 aliphatic rings. The largest absolute Gasteiger partial charge is 0.505 e. The van der Waals surface area contributed by atoms with E-state index in [9.17, 15) is 9.90 Å². The zero-order valence-corrected chi connectivity index (χ0v) is 9.97. The molecule has 2 rings (SSSR count). The SMILES string of the molecule is CCCc1cc(NC(=O)c2ncccc2O)n[nH]1. The lowest BCUT2D eigenvalue weighted by Crippen LogP contribution is -2.13. The lowest BCUT2D eigenvalue weighted by Gasteiger charge is -2.02. The Morgan fingerprint density at radius 3 is 3.11 bits per heavy atom. The van der Waals surface area contributed by atoms with E-state index in [1.165, 1.54) is 12.3 Å². The molecule has 94 valence electrons. The fourth-order valence-electron chi connectivity index (χ4n) is 1.57. The second kappa shape index (κ2) is 5.31. The summed E-state index contributed by atoms with van der Waals surface area (Å²) in [6, 6.07) is 4.73. The average Bonchev–Trinajstić information content (AvgIpc) is 2.77. The molecule has 0 unspecified atom stereocenters. The zero-order valence-electron chi connectivity index (χ0n) is 9.97. The summed E-state index contributed by atoms with van der Waals surface area (Å²) in [5.74, 6) is -0.213. The Balaban J connectivity index is 2.09. The number of aromatic nitrogens is 3. The quantitative estimate of drug-likeness (QED) is 0.766. The van der Waals surface area contributed by atoms with E-state index in [1.54, 1.807) is 12.1 Å². The summed E-state index contributed by atoms with van der Waals surface area (Å²) in [7, 11) is 0. The van der Waals surface area contributed by atoms with Gasteiger partial charge in [0.25, 0.3) is 5.91 Å². The van der Waals surface area contributed by atoms with Crippen molar-refractivity contribution in [3.63, 3.8) is 0 Å². The van der Waals surface area contributed by atoms with E-state index in [1.807, 2.05) is 0 Å². The minimum atomic E-state index is -0.484. The standard InChI is InChI=1S/C12H14N4O2/c1-2-4-8-7-10(16-15-8)14-12(18)11-9(17)5-3-6-13-11/h3,5-7,17H,2,4H2,1H3,(H2,14,15,16,18). The monoisotopic (exact) mass is 246 g/mol. The van der Waals surface area contributed by atoms with Crippen LogP contribution in [0.1, 0.15) is 29.5 Å². The minimum absolute atomic E-state index is 0.0162. The Morgan fingerprint density at radius 1 is 1.56 bits per heavy atom. The summed E-state index contributed by atoms with van der Waals surface area (Å²) in [6.07, 6.45) is 3.32. The zero-order chi connectivity index (χ0) is 13.0. The third-order valence-electron chi connectivity index (χ3n) is 2.39. The van der Waals surface area contributed by atoms with Gasteiger partial charge in [-0.15, -0.1) is 0 Å². The molecule has 0 saturated carbocycles. The van der Waals surface area contributed by atoms with E-state index in [0.717, 1.165) is 18.5 Å². The predicted octanol–water partition coefficient (Wildman–Crippen LogP) is 1.72. The molecule has 2 aromatic rings. The van der Waals surface area contributed by atoms with Gasteiger partial charge in [0.15, 0.2) is 11.5 Å². The highest BCUT2D eigenvalue weighted by Gasteiger charge is 2.13. The number of aromatic amines is 1. The number of H-pyrrole nitrogens is 1. The van der Waals surface area contributed by atoms with Crippen molar-refractivity contribution in [2.24, 2.45) is 0 Å². The molecule has 0 radical (unpaired) electrons. The number of amides is 1. The van der Waals surface area contributed by atoms with Gasteiger partial charge in [0.2, 0.25) is 0 Å². The van der Waals surface area contributed by atoms with Crippen LogP contribution in [-0.2, 0) is 6.42 Å².